The number of anilines is 1. The lowest BCUT2D eigenvalue weighted by Gasteiger charge is -2.54. The minimum absolute atomic E-state index is 0.0181. The van der Waals surface area contributed by atoms with E-state index in [1.54, 1.807) is 56.3 Å². The predicted octanol–water partition coefficient (Wildman–Crippen LogP) is 5.79. The third kappa shape index (κ3) is 3.85. The molecule has 0 bridgehead atoms. The van der Waals surface area contributed by atoms with Crippen LogP contribution in [0.1, 0.15) is 52.0 Å². The van der Waals surface area contributed by atoms with Crippen LogP contribution in [0.3, 0.4) is 0 Å². The van der Waals surface area contributed by atoms with Gasteiger partial charge in [0, 0.05) is 16.9 Å². The Labute approximate surface area is 243 Å². The van der Waals surface area contributed by atoms with Gasteiger partial charge in [-0.1, -0.05) is 36.2 Å². The molecule has 1 N–H and O–H groups in total. The zero-order valence-electron chi connectivity index (χ0n) is 23.4. The van der Waals surface area contributed by atoms with E-state index in [1.165, 1.54) is 4.90 Å². The number of nitrogens with zero attached hydrogens (tertiary/aromatic N) is 1. The van der Waals surface area contributed by atoms with Crippen molar-refractivity contribution in [3.05, 3.63) is 75.8 Å². The van der Waals surface area contributed by atoms with E-state index in [-0.39, 0.29) is 29.1 Å². The Morgan fingerprint density at radius 1 is 1.00 bits per heavy atom. The molecular formula is C33H32ClNO6. The van der Waals surface area contributed by atoms with Crippen LogP contribution >= 0.6 is 11.6 Å². The number of carbonyl (C=O) groups excluding carboxylic acids is 4. The van der Waals surface area contributed by atoms with Crippen LogP contribution in [0.4, 0.5) is 5.69 Å². The van der Waals surface area contributed by atoms with Gasteiger partial charge >= 0.3 is 0 Å². The summed E-state index contributed by atoms with van der Waals surface area (Å²) in [5.41, 5.74) is 1.90. The van der Waals surface area contributed by atoms with Gasteiger partial charge in [-0.05, 0) is 92.6 Å². The van der Waals surface area contributed by atoms with Crippen LogP contribution in [0.2, 0.25) is 5.02 Å². The first kappa shape index (κ1) is 27.5. The highest BCUT2D eigenvalue weighted by Gasteiger charge is 2.64. The number of hydrogen-bond acceptors (Lipinski definition) is 6. The second-order valence-electron chi connectivity index (χ2n) is 11.8. The number of benzene rings is 2. The van der Waals surface area contributed by atoms with Crippen molar-refractivity contribution in [3.8, 4) is 11.5 Å². The van der Waals surface area contributed by atoms with Gasteiger partial charge in [0.2, 0.25) is 11.8 Å². The Morgan fingerprint density at radius 2 is 1.71 bits per heavy atom. The van der Waals surface area contributed by atoms with Crippen molar-refractivity contribution in [2.24, 2.45) is 29.1 Å². The number of imide groups is 1. The van der Waals surface area contributed by atoms with Crippen LogP contribution in [0, 0.1) is 29.1 Å². The molecule has 0 spiro atoms. The number of ether oxygens (including phenoxy) is 1. The van der Waals surface area contributed by atoms with E-state index in [9.17, 15) is 24.3 Å². The second kappa shape index (κ2) is 9.69. The van der Waals surface area contributed by atoms with Crippen molar-refractivity contribution in [1.82, 2.24) is 0 Å². The molecule has 212 valence electrons. The number of amides is 2. The molecule has 1 saturated carbocycles. The van der Waals surface area contributed by atoms with Crippen LogP contribution in [-0.4, -0.2) is 35.1 Å². The van der Waals surface area contributed by atoms with E-state index in [2.05, 4.69) is 0 Å². The lowest BCUT2D eigenvalue weighted by molar-refractivity contribution is -0.142. The van der Waals surface area contributed by atoms with Gasteiger partial charge in [-0.3, -0.25) is 24.1 Å². The summed E-state index contributed by atoms with van der Waals surface area (Å²) in [6.07, 6.45) is 2.67. The van der Waals surface area contributed by atoms with Gasteiger partial charge in [-0.15, -0.1) is 0 Å². The minimum Gasteiger partial charge on any atom is -0.504 e. The number of phenolic OH excluding ortho intramolecular Hbond substituents is 1. The van der Waals surface area contributed by atoms with Gasteiger partial charge in [-0.2, -0.15) is 0 Å². The fourth-order valence-corrected chi connectivity index (χ4v) is 7.91. The highest BCUT2D eigenvalue weighted by molar-refractivity contribution is 6.31. The summed E-state index contributed by atoms with van der Waals surface area (Å²) in [4.78, 5) is 57.0. The number of halogens is 1. The Kier molecular flexibility index (Phi) is 6.49. The monoisotopic (exact) mass is 573 g/mol. The molecule has 2 aromatic rings. The molecular weight excluding hydrogens is 542 g/mol. The third-order valence-electron chi connectivity index (χ3n) is 9.87. The third-order valence-corrected chi connectivity index (χ3v) is 10.1. The number of allylic oxidation sites excluding steroid dienone is 4. The summed E-state index contributed by atoms with van der Waals surface area (Å²) >= 11 is 6.06. The van der Waals surface area contributed by atoms with Crippen LogP contribution in [0.15, 0.2) is 65.3 Å². The molecule has 0 radical (unpaired) electrons. The first-order valence-electron chi connectivity index (χ1n) is 14.1. The summed E-state index contributed by atoms with van der Waals surface area (Å²) in [6, 6.07) is 11.7. The molecule has 1 heterocycles. The van der Waals surface area contributed by atoms with E-state index >= 15 is 0 Å². The molecule has 2 fully saturated rings. The van der Waals surface area contributed by atoms with Crippen molar-refractivity contribution < 1.29 is 29.0 Å². The fourth-order valence-electron chi connectivity index (χ4n) is 7.79. The van der Waals surface area contributed by atoms with Gasteiger partial charge in [0.25, 0.3) is 0 Å². The fraction of sp³-hybridized carbons (Fsp3) is 0.394. The second-order valence-corrected chi connectivity index (χ2v) is 12.2. The zero-order valence-corrected chi connectivity index (χ0v) is 24.2. The molecule has 41 heavy (non-hydrogen) atoms. The summed E-state index contributed by atoms with van der Waals surface area (Å²) in [7, 11) is 0. The summed E-state index contributed by atoms with van der Waals surface area (Å²) < 4.78 is 5.69. The number of hydrogen-bond donors (Lipinski definition) is 1. The van der Waals surface area contributed by atoms with Crippen LogP contribution in [0.5, 0.6) is 11.5 Å². The number of rotatable bonds is 4. The molecule has 2 amide bonds. The molecule has 1 saturated heterocycles. The molecule has 2 aromatic carbocycles. The Morgan fingerprint density at radius 3 is 2.39 bits per heavy atom. The number of fused-ring (bicyclic) bond motifs is 4. The van der Waals surface area contributed by atoms with Gasteiger partial charge in [0.05, 0.1) is 29.5 Å². The van der Waals surface area contributed by atoms with Crippen LogP contribution in [0.25, 0.3) is 0 Å². The van der Waals surface area contributed by atoms with E-state index in [4.69, 9.17) is 16.3 Å². The maximum Gasteiger partial charge on any atom is 0.238 e. The number of Topliss-reactive ketones (excluding diaryl/α,β-unsaturated/α-hetero) is 2. The molecule has 8 heteroatoms. The highest BCUT2D eigenvalue weighted by Crippen LogP contribution is 2.63. The Hall–Kier alpha value is -3.71. The van der Waals surface area contributed by atoms with Gasteiger partial charge in [0.1, 0.15) is 0 Å². The lowest BCUT2D eigenvalue weighted by Crippen LogP contribution is -2.55. The van der Waals surface area contributed by atoms with Crippen LogP contribution in [-0.2, 0) is 19.2 Å². The van der Waals surface area contributed by atoms with E-state index in [0.717, 1.165) is 11.1 Å². The van der Waals surface area contributed by atoms with Gasteiger partial charge < -0.3 is 9.84 Å². The van der Waals surface area contributed by atoms with Crippen LogP contribution < -0.4 is 9.64 Å². The molecule has 1 aliphatic heterocycles. The number of carbonyl (C=O) groups is 4. The number of phenols is 1. The highest BCUT2D eigenvalue weighted by atomic mass is 35.5. The molecule has 3 aliphatic carbocycles. The smallest absolute Gasteiger partial charge is 0.238 e. The molecule has 0 unspecified atom stereocenters. The zero-order chi connectivity index (χ0) is 29.4. The van der Waals surface area contributed by atoms with Crippen molar-refractivity contribution in [2.75, 3.05) is 11.5 Å². The van der Waals surface area contributed by atoms with Gasteiger partial charge in [-0.25, -0.2) is 0 Å². The standard InChI is InChI=1S/C33H32ClNO6/c1-5-41-26-14-18(6-13-25(26)36)28-21-11-12-22-27(32(40)35(31(22)39)20-9-7-19(34)8-10-20)23(21)15-24-29(37)16(2)17(3)30(38)33(24,28)4/h6-11,13-14,22-24,27-28,36H,5,12,15H2,1-4H3/t22-,23+,24-,27-,28-,33+/m0/s1. The first-order valence-corrected chi connectivity index (χ1v) is 14.4. The average molecular weight is 574 g/mol. The number of aromatic hydroxyl groups is 1. The molecule has 6 rings (SSSR count). The maximum atomic E-state index is 14.1. The lowest BCUT2D eigenvalue weighted by atomic mass is 9.46. The SMILES string of the molecule is CCOc1cc([C@H]2C3=CC[C@@H]4C(=O)N(c5ccc(Cl)cc5)C(=O)[C@@H]4[C@@H]3C[C@H]3C(=O)C(C)=C(C)C(=O)[C@@]23C)ccc1O. The Balaban J connectivity index is 1.51. The first-order chi connectivity index (χ1) is 19.5. The Bertz CT molecular complexity index is 1570. The largest absolute Gasteiger partial charge is 0.504 e. The van der Waals surface area contributed by atoms with E-state index in [1.807, 2.05) is 19.9 Å². The summed E-state index contributed by atoms with van der Waals surface area (Å²) in [5, 5.41) is 10.9. The van der Waals surface area contributed by atoms with Gasteiger partial charge in [0.15, 0.2) is 23.1 Å². The summed E-state index contributed by atoms with van der Waals surface area (Å²) in [6.45, 7) is 7.42. The van der Waals surface area contributed by atoms with Crippen molar-refractivity contribution in [1.29, 1.82) is 0 Å². The molecule has 4 aliphatic rings. The van der Waals surface area contributed by atoms with E-state index in [0.29, 0.717) is 47.1 Å². The topological polar surface area (TPSA) is 101 Å². The quantitative estimate of drug-likeness (QED) is 0.367. The normalized spacial score (nSPS) is 31.1. The average Bonchev–Trinajstić information content (AvgIpc) is 3.21. The molecule has 6 atom stereocenters. The maximum absolute atomic E-state index is 14.1. The van der Waals surface area contributed by atoms with E-state index < -0.39 is 35.0 Å². The minimum atomic E-state index is -1.10. The predicted molar refractivity (Wildman–Crippen MR) is 154 cm³/mol. The molecule has 0 aromatic heterocycles. The van der Waals surface area contributed by atoms with Crippen molar-refractivity contribution >= 4 is 40.7 Å². The van der Waals surface area contributed by atoms with Crippen molar-refractivity contribution in [2.45, 2.75) is 46.5 Å². The molecule has 7 nitrogen and oxygen atoms in total. The van der Waals surface area contributed by atoms with Crippen molar-refractivity contribution in [3.63, 3.8) is 0 Å². The summed E-state index contributed by atoms with van der Waals surface area (Å²) in [5.74, 6) is -3.27. The number of ketones is 2.